The van der Waals surface area contributed by atoms with Crippen LogP contribution < -0.4 is 5.32 Å². The van der Waals surface area contributed by atoms with Gasteiger partial charge in [0.05, 0.1) is 5.56 Å². The third-order valence-corrected chi connectivity index (χ3v) is 8.25. The average molecular weight is 466 g/mol. The molecule has 5 heteroatoms. The predicted octanol–water partition coefficient (Wildman–Crippen LogP) is 5.93. The summed E-state index contributed by atoms with van der Waals surface area (Å²) in [6.45, 7) is 9.37. The smallest absolute Gasteiger partial charge is 0.338 e. The number of hydrogen-bond acceptors (Lipinski definition) is 3. The van der Waals surface area contributed by atoms with E-state index in [1.807, 2.05) is 0 Å². The molecule has 3 unspecified atom stereocenters. The van der Waals surface area contributed by atoms with Gasteiger partial charge >= 0.3 is 5.97 Å². The number of ether oxygens (including phenoxy) is 1. The largest absolute Gasteiger partial charge is 0.452 e. The first kappa shape index (κ1) is 24.4. The Labute approximate surface area is 202 Å². The number of rotatable bonds is 6. The summed E-state index contributed by atoms with van der Waals surface area (Å²) in [7, 11) is 0. The summed E-state index contributed by atoms with van der Waals surface area (Å²) in [6, 6.07) is 12.3. The minimum Gasteiger partial charge on any atom is -0.452 e. The van der Waals surface area contributed by atoms with Crippen LogP contribution in [0, 0.1) is 17.2 Å². The van der Waals surface area contributed by atoms with E-state index in [-0.39, 0.29) is 28.9 Å². The maximum Gasteiger partial charge on any atom is 0.338 e. The van der Waals surface area contributed by atoms with Gasteiger partial charge in [-0.3, -0.25) is 4.79 Å². The SMILES string of the molecule is CC(C)c1ccc2c(c1)CCC1C(C)(CNC(=O)COC(=O)c3cccc(F)c3)CCCC21C. The van der Waals surface area contributed by atoms with Crippen LogP contribution in [0.25, 0.3) is 0 Å². The van der Waals surface area contributed by atoms with Crippen molar-refractivity contribution in [3.05, 3.63) is 70.5 Å². The van der Waals surface area contributed by atoms with Crippen molar-refractivity contribution in [2.24, 2.45) is 11.3 Å². The van der Waals surface area contributed by atoms with Crippen molar-refractivity contribution in [3.8, 4) is 0 Å². The van der Waals surface area contributed by atoms with Crippen molar-refractivity contribution in [2.45, 2.75) is 71.1 Å². The summed E-state index contributed by atoms with van der Waals surface area (Å²) in [4.78, 5) is 24.6. The molecule has 0 aromatic heterocycles. The van der Waals surface area contributed by atoms with Gasteiger partial charge in [-0.2, -0.15) is 0 Å². The molecule has 2 aliphatic rings. The molecular formula is C29H36FNO3. The Bertz CT molecular complexity index is 1080. The van der Waals surface area contributed by atoms with E-state index in [1.165, 1.54) is 41.3 Å². The zero-order valence-corrected chi connectivity index (χ0v) is 20.7. The number of aryl methyl sites for hydroxylation is 1. The van der Waals surface area contributed by atoms with E-state index in [0.717, 1.165) is 31.7 Å². The number of fused-ring (bicyclic) bond motifs is 3. The molecule has 1 N–H and O–H groups in total. The van der Waals surface area contributed by atoms with Gasteiger partial charge in [0.15, 0.2) is 6.61 Å². The molecule has 1 fully saturated rings. The number of amides is 1. The van der Waals surface area contributed by atoms with Crippen LogP contribution >= 0.6 is 0 Å². The third-order valence-electron chi connectivity index (χ3n) is 8.25. The van der Waals surface area contributed by atoms with E-state index in [4.69, 9.17) is 4.74 Å². The molecule has 0 heterocycles. The number of halogens is 1. The van der Waals surface area contributed by atoms with Crippen molar-refractivity contribution in [1.29, 1.82) is 0 Å². The zero-order valence-electron chi connectivity index (χ0n) is 20.7. The van der Waals surface area contributed by atoms with E-state index in [1.54, 1.807) is 0 Å². The van der Waals surface area contributed by atoms with Gasteiger partial charge in [-0.05, 0) is 83.2 Å². The molecule has 1 amide bonds. The Morgan fingerprint density at radius 1 is 1.15 bits per heavy atom. The fourth-order valence-electron chi connectivity index (χ4n) is 6.40. The van der Waals surface area contributed by atoms with Crippen LogP contribution in [0.1, 0.15) is 86.3 Å². The van der Waals surface area contributed by atoms with E-state index in [2.05, 4.69) is 51.2 Å². The normalized spacial score (nSPS) is 25.9. The monoisotopic (exact) mass is 465 g/mol. The minimum atomic E-state index is -0.698. The van der Waals surface area contributed by atoms with Crippen LogP contribution in [0.3, 0.4) is 0 Å². The quantitative estimate of drug-likeness (QED) is 0.538. The summed E-state index contributed by atoms with van der Waals surface area (Å²) in [5, 5.41) is 3.02. The lowest BCUT2D eigenvalue weighted by molar-refractivity contribution is -0.125. The van der Waals surface area contributed by atoms with Crippen LogP contribution in [-0.2, 0) is 21.4 Å². The minimum absolute atomic E-state index is 0.0242. The third kappa shape index (κ3) is 4.75. The van der Waals surface area contributed by atoms with Crippen LogP contribution in [0.5, 0.6) is 0 Å². The molecule has 182 valence electrons. The summed E-state index contributed by atoms with van der Waals surface area (Å²) in [5.74, 6) is -0.535. The van der Waals surface area contributed by atoms with Gasteiger partial charge in [0, 0.05) is 6.54 Å². The van der Waals surface area contributed by atoms with Crippen LogP contribution in [-0.4, -0.2) is 25.0 Å². The highest BCUT2D eigenvalue weighted by atomic mass is 19.1. The van der Waals surface area contributed by atoms with Crippen molar-refractivity contribution >= 4 is 11.9 Å². The molecule has 3 atom stereocenters. The van der Waals surface area contributed by atoms with Crippen molar-refractivity contribution in [3.63, 3.8) is 0 Å². The summed E-state index contributed by atoms with van der Waals surface area (Å²) in [5.41, 5.74) is 4.55. The second-order valence-electron chi connectivity index (χ2n) is 11.0. The number of hydrogen-bond donors (Lipinski definition) is 1. The molecule has 2 aromatic carbocycles. The van der Waals surface area contributed by atoms with Gasteiger partial charge < -0.3 is 10.1 Å². The predicted molar refractivity (Wildman–Crippen MR) is 131 cm³/mol. The summed E-state index contributed by atoms with van der Waals surface area (Å²) in [6.07, 6.45) is 5.55. The Kier molecular flexibility index (Phi) is 6.84. The Balaban J connectivity index is 1.40. The molecule has 0 spiro atoms. The average Bonchev–Trinajstić information content (AvgIpc) is 2.80. The molecule has 4 rings (SSSR count). The standard InChI is InChI=1S/C29H36FNO3/c1-19(2)20-9-11-24-21(15-20)10-12-25-28(3,13-6-14-29(24,25)4)18-31-26(32)17-34-27(33)22-7-5-8-23(30)16-22/h5,7-9,11,15-16,19,25H,6,10,12-14,17-18H2,1-4H3,(H,31,32). The highest BCUT2D eigenvalue weighted by Gasteiger charge is 2.51. The number of benzene rings is 2. The number of esters is 1. The Hall–Kier alpha value is -2.69. The highest BCUT2D eigenvalue weighted by Crippen LogP contribution is 2.57. The molecule has 4 nitrogen and oxygen atoms in total. The van der Waals surface area contributed by atoms with Gasteiger partial charge in [0.2, 0.25) is 0 Å². The molecule has 0 radical (unpaired) electrons. The van der Waals surface area contributed by atoms with Gasteiger partial charge in [-0.1, -0.05) is 58.4 Å². The molecule has 2 aromatic rings. The fourth-order valence-corrected chi connectivity index (χ4v) is 6.40. The van der Waals surface area contributed by atoms with Gasteiger partial charge in [0.1, 0.15) is 5.82 Å². The summed E-state index contributed by atoms with van der Waals surface area (Å²) >= 11 is 0. The molecule has 0 saturated heterocycles. The van der Waals surface area contributed by atoms with Crippen LogP contribution in [0.2, 0.25) is 0 Å². The van der Waals surface area contributed by atoms with E-state index in [0.29, 0.717) is 18.4 Å². The van der Waals surface area contributed by atoms with Crippen molar-refractivity contribution in [1.82, 2.24) is 5.32 Å². The number of carbonyl (C=O) groups is 2. The fraction of sp³-hybridized carbons (Fsp3) is 0.517. The second-order valence-corrected chi connectivity index (χ2v) is 11.0. The molecule has 0 aliphatic heterocycles. The molecule has 0 bridgehead atoms. The molecule has 1 saturated carbocycles. The number of nitrogens with one attached hydrogen (secondary N) is 1. The van der Waals surface area contributed by atoms with Gasteiger partial charge in [-0.15, -0.1) is 0 Å². The van der Waals surface area contributed by atoms with E-state index in [9.17, 15) is 14.0 Å². The first-order valence-corrected chi connectivity index (χ1v) is 12.4. The van der Waals surface area contributed by atoms with Crippen molar-refractivity contribution < 1.29 is 18.7 Å². The maximum absolute atomic E-state index is 13.3. The lowest BCUT2D eigenvalue weighted by atomic mass is 9.49. The van der Waals surface area contributed by atoms with Gasteiger partial charge in [-0.25, -0.2) is 9.18 Å². The van der Waals surface area contributed by atoms with Crippen molar-refractivity contribution in [2.75, 3.05) is 13.2 Å². The maximum atomic E-state index is 13.3. The molecular weight excluding hydrogens is 429 g/mol. The molecule has 2 aliphatic carbocycles. The topological polar surface area (TPSA) is 55.4 Å². The highest BCUT2D eigenvalue weighted by molar-refractivity contribution is 5.91. The van der Waals surface area contributed by atoms with E-state index >= 15 is 0 Å². The molecule has 34 heavy (non-hydrogen) atoms. The van der Waals surface area contributed by atoms with Gasteiger partial charge in [0.25, 0.3) is 5.91 Å². The Morgan fingerprint density at radius 2 is 1.94 bits per heavy atom. The number of carbonyl (C=O) groups excluding carboxylic acids is 2. The second kappa shape index (κ2) is 9.52. The van der Waals surface area contributed by atoms with E-state index < -0.39 is 11.8 Å². The first-order chi connectivity index (χ1) is 16.1. The van der Waals surface area contributed by atoms with Crippen LogP contribution in [0.15, 0.2) is 42.5 Å². The van der Waals surface area contributed by atoms with Crippen LogP contribution in [0.4, 0.5) is 4.39 Å². The lowest BCUT2D eigenvalue weighted by Gasteiger charge is -2.55. The zero-order chi connectivity index (χ0) is 24.5. The Morgan fingerprint density at radius 3 is 2.68 bits per heavy atom. The first-order valence-electron chi connectivity index (χ1n) is 12.4. The lowest BCUT2D eigenvalue weighted by Crippen LogP contribution is -2.53. The summed E-state index contributed by atoms with van der Waals surface area (Å²) < 4.78 is 18.4.